The third-order valence-corrected chi connectivity index (χ3v) is 5.01. The Kier molecular flexibility index (Phi) is 9.35. The molecule has 0 unspecified atom stereocenters. The zero-order valence-corrected chi connectivity index (χ0v) is 18.1. The first-order valence-electron chi connectivity index (χ1n) is 7.91. The van der Waals surface area contributed by atoms with Gasteiger partial charge in [-0.05, 0) is 0 Å². The standard InChI is InChI=1S/C19H26NO.2ClH.Ti/c1-13(8-7-11-21)16-10-6-9-15-12-14(2)18(17(15)16)20-19(3,4)5;;;/h6,9-10,20-21H,7-8,11H2,1-5H3;2*1H;/q;;;+2/p-2. The maximum atomic E-state index is 9.11. The van der Waals surface area contributed by atoms with Crippen molar-refractivity contribution in [3.05, 3.63) is 39.8 Å². The van der Waals surface area contributed by atoms with E-state index in [1.807, 2.05) is 0 Å². The van der Waals surface area contributed by atoms with Crippen molar-refractivity contribution in [2.24, 2.45) is 0 Å². The van der Waals surface area contributed by atoms with Crippen molar-refractivity contribution in [1.82, 2.24) is 5.32 Å². The number of hydrogen-bond donors (Lipinski definition) is 2. The molecular formula is C19H26Cl2NOTi. The summed E-state index contributed by atoms with van der Waals surface area (Å²) in [5.41, 5.74) is 5.32. The fourth-order valence-electron chi connectivity index (χ4n) is 2.91. The molecule has 0 heterocycles. The Hall–Kier alpha value is -0.246. The number of rotatable bonds is 4. The van der Waals surface area contributed by atoms with Crippen LogP contribution in [0, 0.1) is 0 Å². The maximum Gasteiger partial charge on any atom is -1.00 e. The van der Waals surface area contributed by atoms with Crippen molar-refractivity contribution in [3.63, 3.8) is 0 Å². The van der Waals surface area contributed by atoms with Crippen molar-refractivity contribution in [2.45, 2.75) is 53.0 Å². The van der Waals surface area contributed by atoms with Gasteiger partial charge in [-0.2, -0.15) is 0 Å². The molecule has 1 aromatic carbocycles. The van der Waals surface area contributed by atoms with Crippen LogP contribution in [0.25, 0.3) is 15.1 Å². The summed E-state index contributed by atoms with van der Waals surface area (Å²) in [6.07, 6.45) is 1.76. The van der Waals surface area contributed by atoms with Crippen LogP contribution in [0.1, 0.15) is 53.0 Å². The normalized spacial score (nSPS) is 14.8. The van der Waals surface area contributed by atoms with E-state index >= 15 is 0 Å². The monoisotopic (exact) mass is 402 g/mol. The third-order valence-electron chi connectivity index (χ3n) is 4.00. The molecule has 0 amide bonds. The second kappa shape index (κ2) is 9.45. The molecule has 0 fully saturated rings. The van der Waals surface area contributed by atoms with Crippen molar-refractivity contribution in [3.8, 4) is 0 Å². The van der Waals surface area contributed by atoms with Gasteiger partial charge >= 0.3 is 145 Å². The van der Waals surface area contributed by atoms with E-state index in [2.05, 4.69) is 78.6 Å². The van der Waals surface area contributed by atoms with Crippen LogP contribution < -0.4 is 40.6 Å². The number of nitrogens with one attached hydrogen (secondary N) is 1. The molecule has 2 N–H and O–H groups in total. The molecule has 2 rings (SSSR count). The molecule has 0 aliphatic heterocycles. The summed E-state index contributed by atoms with van der Waals surface area (Å²) in [4.78, 5) is 0. The fourth-order valence-corrected chi connectivity index (χ4v) is 3.43. The summed E-state index contributed by atoms with van der Waals surface area (Å²) in [7, 11) is 0. The second-order valence-corrected chi connectivity index (χ2v) is 7.87. The predicted octanol–water partition coefficient (Wildman–Crippen LogP) is -3.57. The van der Waals surface area contributed by atoms with E-state index in [1.54, 1.807) is 0 Å². The zero-order chi connectivity index (χ0) is 16.5. The van der Waals surface area contributed by atoms with Crippen LogP contribution in [0.3, 0.4) is 0 Å². The van der Waals surface area contributed by atoms with E-state index in [0.29, 0.717) is 0 Å². The molecule has 0 radical (unpaired) electrons. The van der Waals surface area contributed by atoms with Gasteiger partial charge in [-0.3, -0.25) is 0 Å². The molecule has 0 aromatic heterocycles. The Morgan fingerprint density at radius 3 is 2.38 bits per heavy atom. The van der Waals surface area contributed by atoms with Crippen LogP contribution in [0.4, 0.5) is 0 Å². The van der Waals surface area contributed by atoms with Crippen molar-refractivity contribution in [2.75, 3.05) is 6.61 Å². The summed E-state index contributed by atoms with van der Waals surface area (Å²) in [5, 5.41) is 15.5. The van der Waals surface area contributed by atoms with Crippen LogP contribution in [-0.2, 0) is 20.4 Å². The van der Waals surface area contributed by atoms with Crippen LogP contribution >= 0.6 is 0 Å². The summed E-state index contributed by atoms with van der Waals surface area (Å²) < 4.78 is 1.36. The molecule has 0 spiro atoms. The van der Waals surface area contributed by atoms with Gasteiger partial charge in [-0.1, -0.05) is 0 Å². The molecule has 24 heavy (non-hydrogen) atoms. The SMILES string of the molecule is CC1=[C]([Ti+2])c2cccc(=C(C)CCCO)c2=C1NC(C)(C)C.[Cl-].[Cl-]. The smallest absolute Gasteiger partial charge is 1.00 e. The van der Waals surface area contributed by atoms with Gasteiger partial charge in [0.05, 0.1) is 0 Å². The largest absolute Gasteiger partial charge is 1.00 e. The first-order valence-corrected chi connectivity index (χ1v) is 8.69. The van der Waals surface area contributed by atoms with E-state index < -0.39 is 0 Å². The van der Waals surface area contributed by atoms with Crippen LogP contribution in [0.2, 0.25) is 0 Å². The van der Waals surface area contributed by atoms with E-state index in [9.17, 15) is 0 Å². The molecular weight excluding hydrogens is 377 g/mol. The van der Waals surface area contributed by atoms with Gasteiger partial charge in [0.2, 0.25) is 0 Å². The zero-order valence-electron chi connectivity index (χ0n) is 15.1. The molecule has 1 aliphatic rings. The Bertz CT molecular complexity index is 733. The quantitative estimate of drug-likeness (QED) is 0.510. The van der Waals surface area contributed by atoms with Gasteiger partial charge in [0.25, 0.3) is 0 Å². The van der Waals surface area contributed by atoms with Crippen LogP contribution in [0.15, 0.2) is 23.8 Å². The van der Waals surface area contributed by atoms with Gasteiger partial charge in [-0.25, -0.2) is 0 Å². The Morgan fingerprint density at radius 2 is 1.83 bits per heavy atom. The summed E-state index contributed by atoms with van der Waals surface area (Å²) >= 11 is 2.21. The van der Waals surface area contributed by atoms with Gasteiger partial charge in [0.1, 0.15) is 0 Å². The number of benzene rings is 1. The molecule has 2 nitrogen and oxygen atoms in total. The summed E-state index contributed by atoms with van der Waals surface area (Å²) in [6.45, 7) is 11.2. The minimum atomic E-state index is 0. The third kappa shape index (κ3) is 5.13. The van der Waals surface area contributed by atoms with Gasteiger partial charge in [-0.15, -0.1) is 0 Å². The first-order chi connectivity index (χ1) is 10.3. The van der Waals surface area contributed by atoms with Gasteiger partial charge in [0, 0.05) is 0 Å². The molecule has 5 heteroatoms. The minimum Gasteiger partial charge on any atom is -1.00 e. The topological polar surface area (TPSA) is 32.3 Å². The van der Waals surface area contributed by atoms with E-state index in [1.165, 1.54) is 36.7 Å². The molecule has 0 bridgehead atoms. The molecule has 131 valence electrons. The van der Waals surface area contributed by atoms with E-state index in [0.717, 1.165) is 12.8 Å². The van der Waals surface area contributed by atoms with Gasteiger partial charge in [0.15, 0.2) is 0 Å². The number of halogens is 2. The Balaban J connectivity index is 0.00000264. The molecule has 0 atom stereocenters. The number of aliphatic hydroxyl groups is 1. The second-order valence-electron chi connectivity index (χ2n) is 7.09. The predicted molar refractivity (Wildman–Crippen MR) is 90.0 cm³/mol. The van der Waals surface area contributed by atoms with Crippen LogP contribution in [-0.4, -0.2) is 17.3 Å². The average Bonchev–Trinajstić information content (AvgIpc) is 2.68. The Labute approximate surface area is 169 Å². The van der Waals surface area contributed by atoms with Crippen LogP contribution in [0.5, 0.6) is 0 Å². The van der Waals surface area contributed by atoms with Crippen molar-refractivity contribution >= 4 is 15.1 Å². The first kappa shape index (κ1) is 23.8. The van der Waals surface area contributed by atoms with Gasteiger partial charge < -0.3 is 24.8 Å². The van der Waals surface area contributed by atoms with Crippen molar-refractivity contribution < 1.29 is 50.4 Å². The molecule has 0 saturated carbocycles. The fraction of sp³-hybridized carbons (Fsp3) is 0.474. The van der Waals surface area contributed by atoms with E-state index in [4.69, 9.17) is 5.11 Å². The Morgan fingerprint density at radius 1 is 1.21 bits per heavy atom. The number of fused-ring (bicyclic) bond motifs is 1. The molecule has 0 saturated heterocycles. The minimum absolute atomic E-state index is 0. The maximum absolute atomic E-state index is 9.11. The van der Waals surface area contributed by atoms with E-state index in [-0.39, 0.29) is 37.0 Å². The average molecular weight is 403 g/mol. The number of aliphatic hydroxyl groups excluding tert-OH is 1. The molecule has 1 aliphatic carbocycles. The summed E-state index contributed by atoms with van der Waals surface area (Å²) in [5.74, 6) is 0. The summed E-state index contributed by atoms with van der Waals surface area (Å²) in [6, 6.07) is 6.57. The molecule has 1 aromatic rings. The number of hydrogen-bond acceptors (Lipinski definition) is 2. The van der Waals surface area contributed by atoms with Crippen molar-refractivity contribution in [1.29, 1.82) is 0 Å².